The maximum atomic E-state index is 14.2. The molecule has 3 rings (SSSR count). The molecular weight excluding hydrogens is 379 g/mol. The summed E-state index contributed by atoms with van der Waals surface area (Å²) in [5.74, 6) is 0.395. The normalized spacial score (nSPS) is 12.7. The smallest absolute Gasteiger partial charge is 0.175 e. The maximum Gasteiger partial charge on any atom is 0.175 e. The highest BCUT2D eigenvalue weighted by molar-refractivity contribution is 7.90. The van der Waals surface area contributed by atoms with E-state index >= 15 is 0 Å². The Hall–Kier alpha value is -2.58. The van der Waals surface area contributed by atoms with Crippen molar-refractivity contribution in [3.05, 3.63) is 65.0 Å². The molecule has 2 aromatic heterocycles. The molecule has 0 aliphatic rings. The fraction of sp³-hybridized carbons (Fsp3) is 0.300. The van der Waals surface area contributed by atoms with E-state index in [1.807, 2.05) is 18.4 Å². The van der Waals surface area contributed by atoms with Gasteiger partial charge in [-0.3, -0.25) is 0 Å². The van der Waals surface area contributed by atoms with Gasteiger partial charge in [0.15, 0.2) is 9.84 Å². The van der Waals surface area contributed by atoms with Crippen molar-refractivity contribution in [2.24, 2.45) is 0 Å². The molecule has 28 heavy (non-hydrogen) atoms. The Bertz CT molecular complexity index is 1150. The summed E-state index contributed by atoms with van der Waals surface area (Å²) in [4.78, 5) is 9.14. The van der Waals surface area contributed by atoms with Crippen LogP contribution in [0.3, 0.4) is 0 Å². The van der Waals surface area contributed by atoms with Crippen molar-refractivity contribution in [1.82, 2.24) is 14.5 Å². The van der Waals surface area contributed by atoms with Crippen LogP contribution < -0.4 is 5.73 Å². The third kappa shape index (κ3) is 4.13. The molecule has 0 spiro atoms. The number of benzene rings is 1. The second kappa shape index (κ2) is 7.81. The maximum absolute atomic E-state index is 14.2. The van der Waals surface area contributed by atoms with Crippen LogP contribution in [0.5, 0.6) is 0 Å². The van der Waals surface area contributed by atoms with Crippen molar-refractivity contribution < 1.29 is 18.5 Å². The molecule has 3 aromatic rings. The fourth-order valence-electron chi connectivity index (χ4n) is 3.24. The highest BCUT2D eigenvalue weighted by Crippen LogP contribution is 2.28. The van der Waals surface area contributed by atoms with Crippen LogP contribution in [0, 0.1) is 13.8 Å². The van der Waals surface area contributed by atoms with Crippen LogP contribution in [-0.4, -0.2) is 35.8 Å². The first-order valence-electron chi connectivity index (χ1n) is 8.94. The van der Waals surface area contributed by atoms with Gasteiger partial charge < -0.3 is 10.3 Å². The monoisotopic (exact) mass is 403 g/mol. The number of hydrogen-bond acceptors (Lipinski definition) is 4. The van der Waals surface area contributed by atoms with Crippen LogP contribution in [0.4, 0.5) is 4.39 Å². The lowest BCUT2D eigenvalue weighted by Crippen LogP contribution is -2.49. The molecule has 0 fully saturated rings. The highest BCUT2D eigenvalue weighted by Gasteiger charge is 2.18. The third-order valence-corrected chi connectivity index (χ3v) is 5.84. The third-order valence-electron chi connectivity index (χ3n) is 4.72. The van der Waals surface area contributed by atoms with E-state index in [9.17, 15) is 12.8 Å². The number of quaternary nitrogens is 1. The molecule has 2 heterocycles. The number of aromatic nitrogens is 3. The van der Waals surface area contributed by atoms with Gasteiger partial charge in [-0.15, -0.1) is 0 Å². The number of halogens is 1. The van der Waals surface area contributed by atoms with E-state index in [0.717, 1.165) is 27.9 Å². The predicted molar refractivity (Wildman–Crippen MR) is 106 cm³/mol. The molecule has 0 amide bonds. The Morgan fingerprint density at radius 3 is 2.54 bits per heavy atom. The molecule has 0 saturated carbocycles. The van der Waals surface area contributed by atoms with Gasteiger partial charge in [0.2, 0.25) is 0 Å². The minimum Gasteiger partial charge on any atom is -0.354 e. The second-order valence-electron chi connectivity index (χ2n) is 6.83. The molecule has 8 heteroatoms. The Kier molecular flexibility index (Phi) is 5.62. The van der Waals surface area contributed by atoms with Gasteiger partial charge in [-0.25, -0.2) is 22.8 Å². The minimum atomic E-state index is -3.23. The summed E-state index contributed by atoms with van der Waals surface area (Å²) in [6.45, 7) is 4.26. The topological polar surface area (TPSA) is 92.5 Å². The van der Waals surface area contributed by atoms with Crippen molar-refractivity contribution in [2.75, 3.05) is 12.8 Å². The van der Waals surface area contributed by atoms with Crippen LogP contribution in [-0.2, 0) is 22.8 Å². The Balaban J connectivity index is 2.06. The first-order valence-corrected chi connectivity index (χ1v) is 10.8. The van der Waals surface area contributed by atoms with Crippen molar-refractivity contribution >= 4 is 20.9 Å². The predicted octanol–water partition coefficient (Wildman–Crippen LogP) is 2.14. The average molecular weight is 404 g/mol. The van der Waals surface area contributed by atoms with Crippen LogP contribution in [0.1, 0.15) is 22.6 Å². The molecule has 0 aliphatic heterocycles. The number of hydrogen-bond donors (Lipinski definition) is 1. The van der Waals surface area contributed by atoms with Gasteiger partial charge in [0, 0.05) is 30.0 Å². The molecule has 148 valence electrons. The van der Waals surface area contributed by atoms with Crippen molar-refractivity contribution in [3.63, 3.8) is 0 Å². The molecule has 0 atom stereocenters. The molecule has 1 aromatic carbocycles. The van der Waals surface area contributed by atoms with Crippen molar-refractivity contribution in [3.8, 4) is 0 Å². The number of allylic oxidation sites excluding steroid dienone is 1. The number of nitrogens with zero attached hydrogens (tertiary/aromatic N) is 3. The first kappa shape index (κ1) is 20.2. The van der Waals surface area contributed by atoms with Gasteiger partial charge in [0.05, 0.1) is 35.2 Å². The standard InChI is InChI=1S/C20H23FN4O2S/c1-13-18(10-15-4-6-17(7-5-15)28(3,26)27)20-19(11-23-14(2)24-20)25(13)12-16(21)8-9-22/h4-8,11H,9-10,12,22H2,1-3H3/p+1. The zero-order chi connectivity index (χ0) is 20.5. The molecule has 0 saturated heterocycles. The number of rotatable bonds is 6. The van der Waals surface area contributed by atoms with Crippen LogP contribution in [0.15, 0.2) is 47.3 Å². The molecule has 6 nitrogen and oxygen atoms in total. The summed E-state index contributed by atoms with van der Waals surface area (Å²) in [7, 11) is -3.23. The average Bonchev–Trinajstić information content (AvgIpc) is 2.87. The van der Waals surface area contributed by atoms with Gasteiger partial charge in [0.1, 0.15) is 11.7 Å². The molecule has 0 unspecified atom stereocenters. The lowest BCUT2D eigenvalue weighted by atomic mass is 10.0. The van der Waals surface area contributed by atoms with Gasteiger partial charge >= 0.3 is 0 Å². The summed E-state index contributed by atoms with van der Waals surface area (Å²) in [6.07, 6.45) is 4.94. The number of sulfone groups is 1. The number of aryl methyl sites for hydroxylation is 1. The summed E-state index contributed by atoms with van der Waals surface area (Å²) < 4.78 is 39.4. The van der Waals surface area contributed by atoms with E-state index in [1.165, 1.54) is 12.3 Å². The fourth-order valence-corrected chi connectivity index (χ4v) is 3.87. The van der Waals surface area contributed by atoms with E-state index in [1.54, 1.807) is 30.5 Å². The zero-order valence-corrected chi connectivity index (χ0v) is 17.1. The van der Waals surface area contributed by atoms with Crippen LogP contribution in [0.25, 0.3) is 11.0 Å². The van der Waals surface area contributed by atoms with Crippen LogP contribution in [0.2, 0.25) is 0 Å². The van der Waals surface area contributed by atoms with Gasteiger partial charge in [-0.2, -0.15) is 0 Å². The van der Waals surface area contributed by atoms with E-state index in [0.29, 0.717) is 18.8 Å². The largest absolute Gasteiger partial charge is 0.354 e. The molecular formula is C20H24FN4O2S+. The highest BCUT2D eigenvalue weighted by atomic mass is 32.2. The Morgan fingerprint density at radius 2 is 1.93 bits per heavy atom. The lowest BCUT2D eigenvalue weighted by molar-refractivity contribution is -0.353. The summed E-state index contributed by atoms with van der Waals surface area (Å²) in [5.41, 5.74) is 8.07. The Morgan fingerprint density at radius 1 is 1.25 bits per heavy atom. The van der Waals surface area contributed by atoms with Gasteiger partial charge in [0.25, 0.3) is 0 Å². The summed E-state index contributed by atoms with van der Waals surface area (Å²) in [5, 5.41) is 0. The van der Waals surface area contributed by atoms with E-state index in [2.05, 4.69) is 15.7 Å². The molecule has 0 bridgehead atoms. The lowest BCUT2D eigenvalue weighted by Gasteiger charge is -2.07. The SMILES string of the molecule is Cc1ncc2c(n1)c(Cc1ccc(S(C)(=O)=O)cc1)c(C)n2CC(F)=CC[NH3+]. The molecule has 0 radical (unpaired) electrons. The molecule has 0 aliphatic carbocycles. The van der Waals surface area contributed by atoms with E-state index in [-0.39, 0.29) is 17.3 Å². The molecule has 3 N–H and O–H groups in total. The Labute approximate surface area is 163 Å². The number of fused-ring (bicyclic) bond motifs is 1. The summed E-state index contributed by atoms with van der Waals surface area (Å²) >= 11 is 0. The van der Waals surface area contributed by atoms with E-state index < -0.39 is 9.84 Å². The second-order valence-corrected chi connectivity index (χ2v) is 8.85. The van der Waals surface area contributed by atoms with Crippen molar-refractivity contribution in [1.29, 1.82) is 0 Å². The summed E-state index contributed by atoms with van der Waals surface area (Å²) in [6, 6.07) is 6.82. The van der Waals surface area contributed by atoms with Gasteiger partial charge in [-0.1, -0.05) is 12.1 Å². The van der Waals surface area contributed by atoms with E-state index in [4.69, 9.17) is 0 Å². The zero-order valence-electron chi connectivity index (χ0n) is 16.2. The van der Waals surface area contributed by atoms with Crippen molar-refractivity contribution in [2.45, 2.75) is 31.7 Å². The van der Waals surface area contributed by atoms with Crippen LogP contribution >= 0.6 is 0 Å². The van der Waals surface area contributed by atoms with Gasteiger partial charge in [-0.05, 0) is 31.5 Å². The quantitative estimate of drug-likeness (QED) is 0.682. The minimum absolute atomic E-state index is 0.108. The first-order chi connectivity index (χ1) is 13.2.